The summed E-state index contributed by atoms with van der Waals surface area (Å²) in [7, 11) is -3.12. The Labute approximate surface area is 118 Å². The summed E-state index contributed by atoms with van der Waals surface area (Å²) < 4.78 is 60.4. The van der Waals surface area contributed by atoms with Crippen molar-refractivity contribution in [3.05, 3.63) is 29.6 Å². The van der Waals surface area contributed by atoms with Crippen LogP contribution < -0.4 is 0 Å². The number of hydrogen-bond acceptors (Lipinski definition) is 4. The Morgan fingerprint density at radius 3 is 2.48 bits per heavy atom. The SMILES string of the molecule is O=C(c1ccc(C(F)(F)F)nc1)N1C[C@H]2C[C@H]1CS2(=O)=O. The third kappa shape index (κ3) is 2.39. The molecule has 21 heavy (non-hydrogen) atoms. The number of halogens is 3. The van der Waals surface area contributed by atoms with Crippen LogP contribution in [0.4, 0.5) is 13.2 Å². The number of fused-ring (bicyclic) bond motifs is 2. The first-order valence-electron chi connectivity index (χ1n) is 6.24. The molecule has 0 N–H and O–H groups in total. The van der Waals surface area contributed by atoms with Crippen LogP contribution in [-0.2, 0) is 16.0 Å². The molecule has 2 saturated heterocycles. The van der Waals surface area contributed by atoms with Crippen molar-refractivity contribution in [1.82, 2.24) is 9.88 Å². The highest BCUT2D eigenvalue weighted by Crippen LogP contribution is 2.34. The van der Waals surface area contributed by atoms with Crippen LogP contribution in [0.1, 0.15) is 22.5 Å². The minimum atomic E-state index is -4.55. The molecule has 0 unspecified atom stereocenters. The molecule has 2 aliphatic rings. The Morgan fingerprint density at radius 1 is 1.33 bits per heavy atom. The molecule has 3 rings (SSSR count). The first kappa shape index (κ1) is 14.3. The average Bonchev–Trinajstić information content (AvgIpc) is 2.92. The standard InChI is InChI=1S/C12H11F3N2O3S/c13-12(14,15)10-2-1-7(4-16-10)11(18)17-5-9-3-8(17)6-21(9,19)20/h1-2,4,8-9H,3,5-6H2/t8-,9+/m0/s1. The Morgan fingerprint density at radius 2 is 2.05 bits per heavy atom. The number of sulfone groups is 1. The third-order valence-electron chi connectivity index (χ3n) is 3.87. The van der Waals surface area contributed by atoms with Crippen LogP contribution in [0.15, 0.2) is 18.3 Å². The Balaban J connectivity index is 1.79. The number of aromatic nitrogens is 1. The van der Waals surface area contributed by atoms with Gasteiger partial charge in [-0.25, -0.2) is 8.42 Å². The lowest BCUT2D eigenvalue weighted by Gasteiger charge is -2.26. The predicted octanol–water partition coefficient (Wildman–Crippen LogP) is 1.11. The summed E-state index contributed by atoms with van der Waals surface area (Å²) in [4.78, 5) is 16.9. The van der Waals surface area contributed by atoms with Gasteiger partial charge in [0.05, 0.1) is 16.6 Å². The minimum Gasteiger partial charge on any atom is -0.333 e. The highest BCUT2D eigenvalue weighted by molar-refractivity contribution is 7.92. The van der Waals surface area contributed by atoms with Gasteiger partial charge in [-0.05, 0) is 18.6 Å². The average molecular weight is 320 g/mol. The smallest absolute Gasteiger partial charge is 0.333 e. The second-order valence-corrected chi connectivity index (χ2v) is 7.55. The molecule has 1 aromatic rings. The quantitative estimate of drug-likeness (QED) is 0.777. The number of likely N-dealkylation sites (tertiary alicyclic amines) is 1. The molecular formula is C12H11F3N2O3S. The second kappa shape index (κ2) is 4.43. The van der Waals surface area contributed by atoms with Gasteiger partial charge in [0.15, 0.2) is 9.84 Å². The monoisotopic (exact) mass is 320 g/mol. The molecule has 2 fully saturated rings. The van der Waals surface area contributed by atoms with Crippen LogP contribution in [-0.4, -0.2) is 47.8 Å². The van der Waals surface area contributed by atoms with Gasteiger partial charge < -0.3 is 4.90 Å². The van der Waals surface area contributed by atoms with E-state index in [2.05, 4.69) is 4.98 Å². The van der Waals surface area contributed by atoms with Gasteiger partial charge in [0.1, 0.15) is 5.69 Å². The highest BCUT2D eigenvalue weighted by Gasteiger charge is 2.50. The first-order chi connectivity index (χ1) is 9.68. The summed E-state index contributed by atoms with van der Waals surface area (Å²) in [5.74, 6) is -0.545. The maximum atomic E-state index is 12.4. The van der Waals surface area contributed by atoms with Gasteiger partial charge in [-0.15, -0.1) is 0 Å². The molecule has 0 aliphatic carbocycles. The van der Waals surface area contributed by atoms with Crippen molar-refractivity contribution < 1.29 is 26.4 Å². The number of alkyl halides is 3. The van der Waals surface area contributed by atoms with E-state index in [1.165, 1.54) is 4.90 Å². The van der Waals surface area contributed by atoms with Crippen molar-refractivity contribution >= 4 is 15.7 Å². The van der Waals surface area contributed by atoms with Gasteiger partial charge in [-0.1, -0.05) is 0 Å². The van der Waals surface area contributed by atoms with Crippen molar-refractivity contribution in [2.24, 2.45) is 0 Å². The molecule has 3 heterocycles. The normalized spacial score (nSPS) is 27.1. The largest absolute Gasteiger partial charge is 0.433 e. The topological polar surface area (TPSA) is 67.3 Å². The fourth-order valence-electron chi connectivity index (χ4n) is 2.80. The summed E-state index contributed by atoms with van der Waals surface area (Å²) in [5.41, 5.74) is -1.03. The van der Waals surface area contributed by atoms with E-state index in [0.29, 0.717) is 6.42 Å². The van der Waals surface area contributed by atoms with Crippen molar-refractivity contribution in [2.45, 2.75) is 23.9 Å². The van der Waals surface area contributed by atoms with Crippen molar-refractivity contribution in [1.29, 1.82) is 0 Å². The number of rotatable bonds is 1. The van der Waals surface area contributed by atoms with Gasteiger partial charge in [-0.2, -0.15) is 13.2 Å². The number of nitrogens with zero attached hydrogens (tertiary/aromatic N) is 2. The molecule has 114 valence electrons. The number of amides is 1. The molecule has 0 aromatic carbocycles. The molecule has 0 radical (unpaired) electrons. The summed E-state index contributed by atoms with van der Waals surface area (Å²) >= 11 is 0. The fourth-order valence-corrected chi connectivity index (χ4v) is 4.83. The van der Waals surface area contributed by atoms with Crippen LogP contribution in [0.3, 0.4) is 0 Å². The van der Waals surface area contributed by atoms with E-state index in [1.807, 2.05) is 0 Å². The van der Waals surface area contributed by atoms with Crippen molar-refractivity contribution in [3.8, 4) is 0 Å². The van der Waals surface area contributed by atoms with Gasteiger partial charge in [0.25, 0.3) is 5.91 Å². The van der Waals surface area contributed by atoms with Gasteiger partial charge in [-0.3, -0.25) is 9.78 Å². The number of pyridine rings is 1. The summed E-state index contributed by atoms with van der Waals surface area (Å²) in [6.07, 6.45) is -3.27. The lowest BCUT2D eigenvalue weighted by molar-refractivity contribution is -0.141. The van der Waals surface area contributed by atoms with E-state index in [1.54, 1.807) is 0 Å². The Bertz CT molecular complexity index is 685. The molecule has 1 aromatic heterocycles. The summed E-state index contributed by atoms with van der Waals surface area (Å²) in [5, 5.41) is -0.547. The van der Waals surface area contributed by atoms with E-state index in [-0.39, 0.29) is 23.9 Å². The first-order valence-corrected chi connectivity index (χ1v) is 7.96. The van der Waals surface area contributed by atoms with E-state index in [0.717, 1.165) is 18.3 Å². The third-order valence-corrected chi connectivity index (χ3v) is 6.08. The lowest BCUT2D eigenvalue weighted by atomic mass is 10.2. The predicted molar refractivity (Wildman–Crippen MR) is 66.3 cm³/mol. The number of hydrogen-bond donors (Lipinski definition) is 0. The summed E-state index contributed by atoms with van der Waals surface area (Å²) in [6.45, 7) is 0.104. The van der Waals surface area contributed by atoms with E-state index < -0.39 is 32.9 Å². The van der Waals surface area contributed by atoms with E-state index in [9.17, 15) is 26.4 Å². The molecule has 0 saturated carbocycles. The highest BCUT2D eigenvalue weighted by atomic mass is 32.2. The van der Waals surface area contributed by atoms with Crippen molar-refractivity contribution in [3.63, 3.8) is 0 Å². The molecule has 2 atom stereocenters. The summed E-state index contributed by atoms with van der Waals surface area (Å²) in [6, 6.07) is 1.44. The zero-order valence-electron chi connectivity index (χ0n) is 10.7. The fraction of sp³-hybridized carbons (Fsp3) is 0.500. The zero-order chi connectivity index (χ0) is 15.4. The Hall–Kier alpha value is -1.64. The Kier molecular flexibility index (Phi) is 3.01. The van der Waals surface area contributed by atoms with E-state index in [4.69, 9.17) is 0 Å². The zero-order valence-corrected chi connectivity index (χ0v) is 11.5. The molecule has 2 bridgehead atoms. The maximum Gasteiger partial charge on any atom is 0.433 e. The molecule has 2 aliphatic heterocycles. The number of carbonyl (C=O) groups is 1. The molecule has 0 spiro atoms. The molecule has 1 amide bonds. The molecule has 5 nitrogen and oxygen atoms in total. The van der Waals surface area contributed by atoms with Gasteiger partial charge >= 0.3 is 6.18 Å². The van der Waals surface area contributed by atoms with Crippen LogP contribution in [0.25, 0.3) is 0 Å². The molecular weight excluding hydrogens is 309 g/mol. The maximum absolute atomic E-state index is 12.4. The van der Waals surface area contributed by atoms with E-state index >= 15 is 0 Å². The second-order valence-electron chi connectivity index (χ2n) is 5.23. The lowest BCUT2D eigenvalue weighted by Crippen LogP contribution is -2.44. The van der Waals surface area contributed by atoms with Crippen LogP contribution in [0.2, 0.25) is 0 Å². The van der Waals surface area contributed by atoms with Gasteiger partial charge in [0, 0.05) is 18.8 Å². The van der Waals surface area contributed by atoms with Crippen LogP contribution >= 0.6 is 0 Å². The van der Waals surface area contributed by atoms with Gasteiger partial charge in [0.2, 0.25) is 0 Å². The minimum absolute atomic E-state index is 0.0351. The molecule has 9 heteroatoms. The van der Waals surface area contributed by atoms with Crippen LogP contribution in [0.5, 0.6) is 0 Å². The number of carbonyl (C=O) groups excluding carboxylic acids is 1. The van der Waals surface area contributed by atoms with Crippen LogP contribution in [0, 0.1) is 0 Å². The van der Waals surface area contributed by atoms with Crippen molar-refractivity contribution in [2.75, 3.05) is 12.3 Å².